The van der Waals surface area contributed by atoms with Gasteiger partial charge in [0.15, 0.2) is 0 Å². The molecule has 0 bridgehead atoms. The van der Waals surface area contributed by atoms with E-state index in [9.17, 15) is 0 Å². The fourth-order valence-electron chi connectivity index (χ4n) is 2.74. The van der Waals surface area contributed by atoms with Crippen molar-refractivity contribution in [3.8, 4) is 5.75 Å². The van der Waals surface area contributed by atoms with Crippen LogP contribution in [0.3, 0.4) is 0 Å². The number of benzene rings is 1. The zero-order chi connectivity index (χ0) is 13.1. The number of likely N-dealkylation sites (N-methyl/N-ethyl adjacent to an activating group) is 1. The van der Waals surface area contributed by atoms with Crippen molar-refractivity contribution in [2.45, 2.75) is 24.9 Å². The quantitative estimate of drug-likeness (QED) is 0.925. The molecule has 1 aromatic rings. The number of ether oxygens (including phenoxy) is 1. The highest BCUT2D eigenvalue weighted by atomic mass is 79.9. The fourth-order valence-corrected chi connectivity index (χ4v) is 3.30. The van der Waals surface area contributed by atoms with E-state index in [1.807, 2.05) is 6.07 Å². The minimum atomic E-state index is 0.412. The third kappa shape index (κ3) is 2.87. The Labute approximate surface area is 118 Å². The molecule has 1 heterocycles. The molecule has 0 amide bonds. The lowest BCUT2D eigenvalue weighted by molar-refractivity contribution is 0.244. The molecule has 100 valence electrons. The van der Waals surface area contributed by atoms with Crippen LogP contribution in [0, 0.1) is 0 Å². The summed E-state index contributed by atoms with van der Waals surface area (Å²) in [5, 5.41) is 3.60. The van der Waals surface area contributed by atoms with E-state index in [0.29, 0.717) is 12.1 Å². The summed E-state index contributed by atoms with van der Waals surface area (Å²) in [7, 11) is 5.98. The first kappa shape index (κ1) is 13.8. The van der Waals surface area contributed by atoms with Gasteiger partial charge in [0.05, 0.1) is 11.6 Å². The second kappa shape index (κ2) is 6.04. The Morgan fingerprint density at radius 3 is 2.72 bits per heavy atom. The number of hydrogen-bond acceptors (Lipinski definition) is 3. The molecule has 1 N–H and O–H groups in total. The summed E-state index contributed by atoms with van der Waals surface area (Å²) in [6, 6.07) is 7.32. The van der Waals surface area contributed by atoms with Gasteiger partial charge in [-0.15, -0.1) is 0 Å². The Balaban J connectivity index is 2.27. The molecule has 18 heavy (non-hydrogen) atoms. The molecule has 1 aliphatic rings. The number of nitrogens with one attached hydrogen (secondary N) is 1. The Hall–Kier alpha value is -0.580. The maximum atomic E-state index is 5.29. The van der Waals surface area contributed by atoms with E-state index in [1.54, 1.807) is 7.11 Å². The number of hydrogen-bond donors (Lipinski definition) is 1. The van der Waals surface area contributed by atoms with Crippen LogP contribution in [0.4, 0.5) is 0 Å². The molecule has 0 aromatic heterocycles. The number of nitrogens with zero attached hydrogens (tertiary/aromatic N) is 1. The van der Waals surface area contributed by atoms with Gasteiger partial charge >= 0.3 is 0 Å². The first-order chi connectivity index (χ1) is 8.63. The predicted molar refractivity (Wildman–Crippen MR) is 78.1 cm³/mol. The van der Waals surface area contributed by atoms with Crippen LogP contribution in [0.5, 0.6) is 5.75 Å². The van der Waals surface area contributed by atoms with Crippen LogP contribution in [0.15, 0.2) is 22.7 Å². The fraction of sp³-hybridized carbons (Fsp3) is 0.571. The van der Waals surface area contributed by atoms with Crippen LogP contribution in [0.1, 0.15) is 24.4 Å². The van der Waals surface area contributed by atoms with Crippen molar-refractivity contribution in [2.24, 2.45) is 0 Å². The molecule has 1 fully saturated rings. The average molecular weight is 313 g/mol. The molecular weight excluding hydrogens is 292 g/mol. The van der Waals surface area contributed by atoms with Crippen molar-refractivity contribution in [1.29, 1.82) is 0 Å². The van der Waals surface area contributed by atoms with Crippen LogP contribution in [-0.2, 0) is 0 Å². The standard InChI is InChI=1S/C14H21BrN2O/c1-17(2)14(12-5-4-8-16-12)10-6-7-13(18-3)11(15)9-10/h6-7,9,12,14,16H,4-5,8H2,1-3H3. The predicted octanol–water partition coefficient (Wildman–Crippen LogP) is 2.81. The molecule has 3 nitrogen and oxygen atoms in total. The van der Waals surface area contributed by atoms with Crippen molar-refractivity contribution in [1.82, 2.24) is 10.2 Å². The van der Waals surface area contributed by atoms with E-state index >= 15 is 0 Å². The Kier molecular flexibility index (Phi) is 4.65. The highest BCUT2D eigenvalue weighted by Crippen LogP contribution is 2.32. The van der Waals surface area contributed by atoms with E-state index in [-0.39, 0.29) is 0 Å². The van der Waals surface area contributed by atoms with E-state index in [4.69, 9.17) is 4.74 Å². The summed E-state index contributed by atoms with van der Waals surface area (Å²) >= 11 is 3.57. The smallest absolute Gasteiger partial charge is 0.133 e. The lowest BCUT2D eigenvalue weighted by Crippen LogP contribution is -2.37. The molecule has 1 aliphatic heterocycles. The highest BCUT2D eigenvalue weighted by Gasteiger charge is 2.27. The average Bonchev–Trinajstić information content (AvgIpc) is 2.82. The van der Waals surface area contributed by atoms with Crippen LogP contribution >= 0.6 is 15.9 Å². The third-order valence-corrected chi connectivity index (χ3v) is 4.17. The second-order valence-electron chi connectivity index (χ2n) is 5.01. The first-order valence-corrected chi connectivity index (χ1v) is 7.16. The topological polar surface area (TPSA) is 24.5 Å². The van der Waals surface area contributed by atoms with Gasteiger partial charge in [-0.3, -0.25) is 0 Å². The molecule has 4 heteroatoms. The lowest BCUT2D eigenvalue weighted by Gasteiger charge is -2.30. The normalized spacial score (nSPS) is 21.3. The second-order valence-corrected chi connectivity index (χ2v) is 5.86. The zero-order valence-electron chi connectivity index (χ0n) is 11.2. The van der Waals surface area contributed by atoms with Crippen LogP contribution in [0.2, 0.25) is 0 Å². The lowest BCUT2D eigenvalue weighted by atomic mass is 9.97. The SMILES string of the molecule is COc1ccc(C(C2CCCN2)N(C)C)cc1Br. The summed E-state index contributed by atoms with van der Waals surface area (Å²) in [5.74, 6) is 0.885. The van der Waals surface area contributed by atoms with Crippen molar-refractivity contribution in [2.75, 3.05) is 27.7 Å². The molecule has 0 radical (unpaired) electrons. The molecule has 0 saturated carbocycles. The summed E-state index contributed by atoms with van der Waals surface area (Å²) in [4.78, 5) is 2.29. The van der Waals surface area contributed by atoms with E-state index in [0.717, 1.165) is 16.8 Å². The van der Waals surface area contributed by atoms with Crippen LogP contribution < -0.4 is 10.1 Å². The maximum Gasteiger partial charge on any atom is 0.133 e. The maximum absolute atomic E-state index is 5.29. The van der Waals surface area contributed by atoms with Gasteiger partial charge in [0.2, 0.25) is 0 Å². The van der Waals surface area contributed by atoms with Gasteiger partial charge in [-0.05, 0) is 67.1 Å². The van der Waals surface area contributed by atoms with Gasteiger partial charge in [0, 0.05) is 12.1 Å². The molecular formula is C14H21BrN2O. The monoisotopic (exact) mass is 312 g/mol. The van der Waals surface area contributed by atoms with Crippen molar-refractivity contribution in [3.05, 3.63) is 28.2 Å². The third-order valence-electron chi connectivity index (χ3n) is 3.55. The van der Waals surface area contributed by atoms with Gasteiger partial charge in [-0.1, -0.05) is 6.07 Å². The largest absolute Gasteiger partial charge is 0.496 e. The number of rotatable bonds is 4. The summed E-state index contributed by atoms with van der Waals surface area (Å²) < 4.78 is 6.31. The molecule has 2 unspecified atom stereocenters. The van der Waals surface area contributed by atoms with Crippen LogP contribution in [0.25, 0.3) is 0 Å². The first-order valence-electron chi connectivity index (χ1n) is 6.36. The summed E-state index contributed by atoms with van der Waals surface area (Å²) in [6.07, 6.45) is 2.51. The number of methoxy groups -OCH3 is 1. The highest BCUT2D eigenvalue weighted by molar-refractivity contribution is 9.10. The molecule has 1 saturated heterocycles. The zero-order valence-corrected chi connectivity index (χ0v) is 12.8. The van der Waals surface area contributed by atoms with E-state index in [2.05, 4.69) is 52.4 Å². The Morgan fingerprint density at radius 2 is 2.22 bits per heavy atom. The number of halogens is 1. The van der Waals surface area contributed by atoms with Crippen molar-refractivity contribution < 1.29 is 4.74 Å². The molecule has 0 aliphatic carbocycles. The van der Waals surface area contributed by atoms with Gasteiger partial charge < -0.3 is 15.0 Å². The van der Waals surface area contributed by atoms with Gasteiger partial charge in [-0.25, -0.2) is 0 Å². The summed E-state index contributed by atoms with van der Waals surface area (Å²) in [5.41, 5.74) is 1.33. The molecule has 1 aromatic carbocycles. The molecule has 2 atom stereocenters. The molecule has 2 rings (SSSR count). The summed E-state index contributed by atoms with van der Waals surface area (Å²) in [6.45, 7) is 1.13. The van der Waals surface area contributed by atoms with Gasteiger partial charge in [-0.2, -0.15) is 0 Å². The van der Waals surface area contributed by atoms with Gasteiger partial charge in [0.1, 0.15) is 5.75 Å². The van der Waals surface area contributed by atoms with E-state index < -0.39 is 0 Å². The van der Waals surface area contributed by atoms with Crippen molar-refractivity contribution >= 4 is 15.9 Å². The minimum absolute atomic E-state index is 0.412. The van der Waals surface area contributed by atoms with E-state index in [1.165, 1.54) is 18.4 Å². The molecule has 0 spiro atoms. The van der Waals surface area contributed by atoms with Gasteiger partial charge in [0.25, 0.3) is 0 Å². The minimum Gasteiger partial charge on any atom is -0.496 e. The Morgan fingerprint density at radius 1 is 1.44 bits per heavy atom. The Bertz CT molecular complexity index is 403. The van der Waals surface area contributed by atoms with Crippen molar-refractivity contribution in [3.63, 3.8) is 0 Å². The van der Waals surface area contributed by atoms with Crippen LogP contribution in [-0.4, -0.2) is 38.7 Å².